The molecule has 0 saturated carbocycles. The van der Waals surface area contributed by atoms with Gasteiger partial charge in [0.1, 0.15) is 81.0 Å². The Morgan fingerprint density at radius 3 is 1.55 bits per heavy atom. The molecule has 16 rings (SSSR count). The number of cyclic esters (lactones) is 1. The predicted octanol–water partition coefficient (Wildman–Crippen LogP) is 12.8. The minimum absolute atomic E-state index is 0.0113. The number of nitrogens with zero attached hydrogens (tertiary/aromatic N) is 9. The molecule has 12 aromatic rings. The number of anilines is 5. The van der Waals surface area contributed by atoms with Crippen LogP contribution in [0.3, 0.4) is 0 Å². The summed E-state index contributed by atoms with van der Waals surface area (Å²) in [5.41, 5.74) is 31.0. The molecule has 8 N–H and O–H groups in total. The third-order valence-electron chi connectivity index (χ3n) is 16.6. The molecule has 512 valence electrons. The standard InChI is InChI=1S/C18H12F3N3O4.C18H14F2N4O2.C18H13F2N3O2.C17H15N3O2/c19-18(20,21)28-10-5-2-1-4-9(10)8-12-15-13(16(25)27-12)14(23-17(22)24-15)11-6-3-7-26-11;1-24-16-14(22-18(21)23-15(16)13-3-2-6-26-13)11(17(24)25)7-9-4-5-10(19)8-12(9)20;19-10-4-3-9(13(20)7-10)6-11-14(24)8-12-16(11)22-18(21)23-17(12)15-2-1-5-25-15;18-17-19-15(13-7-4-8-21-13)12-10-22-14(16(12)20-17)9-11-5-2-1-3-6-11/h1-7,12H,8H2,(H2,22,23,24);2-6,8,11H,7H2,1H3,(H2,21,22,23);1-5,7,11H,6,8H2,(H2,21,22,23);1-8,14H,9-10H2,(H2,18,19,20)/t;;;14-/m...0/s1. The Balaban J connectivity index is 0.000000121. The Hall–Kier alpha value is -12.6. The molecule has 23 nitrogen and oxygen atoms in total. The zero-order chi connectivity index (χ0) is 70.8. The number of hydrogen-bond acceptors (Lipinski definition) is 22. The fourth-order valence-electron chi connectivity index (χ4n) is 12.2. The van der Waals surface area contributed by atoms with Crippen molar-refractivity contribution in [1.82, 2.24) is 39.9 Å². The second kappa shape index (κ2) is 28.1. The van der Waals surface area contributed by atoms with Crippen LogP contribution in [-0.2, 0) is 57.8 Å². The lowest BCUT2D eigenvalue weighted by Crippen LogP contribution is -2.25. The van der Waals surface area contributed by atoms with Crippen LogP contribution in [0.1, 0.15) is 90.6 Å². The maximum absolute atomic E-state index is 14.0. The molecule has 4 atom stereocenters. The van der Waals surface area contributed by atoms with Gasteiger partial charge >= 0.3 is 12.3 Å². The number of rotatable bonds is 13. The lowest BCUT2D eigenvalue weighted by Gasteiger charge is -2.15. The molecule has 1 aliphatic carbocycles. The van der Waals surface area contributed by atoms with Crippen LogP contribution in [-0.4, -0.2) is 70.9 Å². The van der Waals surface area contributed by atoms with Gasteiger partial charge in [-0.15, -0.1) is 13.2 Å². The summed E-state index contributed by atoms with van der Waals surface area (Å²) in [4.78, 5) is 72.8. The van der Waals surface area contributed by atoms with Gasteiger partial charge in [0, 0.05) is 49.6 Å². The molecule has 4 aliphatic rings. The van der Waals surface area contributed by atoms with E-state index in [9.17, 15) is 45.1 Å². The first-order valence-electron chi connectivity index (χ1n) is 30.8. The molecule has 3 unspecified atom stereocenters. The van der Waals surface area contributed by atoms with Crippen molar-refractivity contribution in [2.24, 2.45) is 0 Å². The number of amides is 1. The number of likely N-dealkylation sites (N-methyl/N-ethyl adjacent to an activating group) is 1. The normalized spacial score (nSPS) is 16.2. The molecule has 8 aromatic heterocycles. The number of nitrogen functional groups attached to an aromatic ring is 4. The van der Waals surface area contributed by atoms with Crippen molar-refractivity contribution in [3.63, 3.8) is 0 Å². The fourth-order valence-corrected chi connectivity index (χ4v) is 12.2. The summed E-state index contributed by atoms with van der Waals surface area (Å²) in [7, 11) is 1.59. The number of halogens is 7. The van der Waals surface area contributed by atoms with E-state index in [1.807, 2.05) is 30.3 Å². The first-order chi connectivity index (χ1) is 48.6. The van der Waals surface area contributed by atoms with Gasteiger partial charge in [-0.3, -0.25) is 9.59 Å². The summed E-state index contributed by atoms with van der Waals surface area (Å²) in [5, 5.41) is 0. The third kappa shape index (κ3) is 14.4. The molecule has 1 amide bonds. The van der Waals surface area contributed by atoms with Gasteiger partial charge in [-0.2, -0.15) is 0 Å². The number of para-hydroxylation sites is 1. The van der Waals surface area contributed by atoms with E-state index in [1.165, 1.54) is 65.7 Å². The van der Waals surface area contributed by atoms with E-state index in [2.05, 4.69) is 56.7 Å². The SMILES string of the molecule is CN1C(=O)C(Cc2ccc(F)cc2F)c2nc(N)nc(-c3ccco3)c21.Nc1nc(-c2ccco2)c2c(n1)C(Cc1ccc(F)cc1F)C(=O)C2.Nc1nc(-c2ccco2)c2c(n1)C(Cc1ccccc1OC(F)(F)F)OC2=O.Nc1nc(-c2ccco2)c2c(n1)[C@H](Cc1ccccc1)OC2. The third-order valence-corrected chi connectivity index (χ3v) is 16.6. The number of ketones is 1. The average molecular weight is 1380 g/mol. The number of carbonyl (C=O) groups is 3. The first kappa shape index (κ1) is 67.0. The second-order valence-electron chi connectivity index (χ2n) is 23.1. The fraction of sp³-hybridized carbons (Fsp3) is 0.169. The van der Waals surface area contributed by atoms with E-state index in [0.29, 0.717) is 63.7 Å². The number of hydrogen-bond donors (Lipinski definition) is 4. The molecule has 0 saturated heterocycles. The topological polar surface area (TPSA) is 342 Å². The van der Waals surface area contributed by atoms with Gasteiger partial charge in [0.05, 0.1) is 66.3 Å². The largest absolute Gasteiger partial charge is 0.573 e. The van der Waals surface area contributed by atoms with Crippen molar-refractivity contribution in [2.45, 2.75) is 69.1 Å². The van der Waals surface area contributed by atoms with Crippen LogP contribution in [0.5, 0.6) is 5.75 Å². The van der Waals surface area contributed by atoms with Crippen molar-refractivity contribution < 1.29 is 77.0 Å². The van der Waals surface area contributed by atoms with Crippen molar-refractivity contribution in [3.8, 4) is 51.6 Å². The average Bonchev–Trinajstić information content (AvgIpc) is 1.61. The maximum atomic E-state index is 14.0. The zero-order valence-electron chi connectivity index (χ0n) is 52.7. The summed E-state index contributed by atoms with van der Waals surface area (Å²) in [5.74, 6) is -3.52. The van der Waals surface area contributed by atoms with Gasteiger partial charge in [-0.1, -0.05) is 60.7 Å². The Bertz CT molecular complexity index is 5050. The molecular weight excluding hydrogens is 1330 g/mol. The second-order valence-corrected chi connectivity index (χ2v) is 23.1. The van der Waals surface area contributed by atoms with Crippen LogP contribution in [0.25, 0.3) is 45.8 Å². The number of benzene rings is 4. The van der Waals surface area contributed by atoms with Gasteiger partial charge in [0.25, 0.3) is 0 Å². The van der Waals surface area contributed by atoms with E-state index in [1.54, 1.807) is 55.8 Å². The monoisotopic (exact) mass is 1380 g/mol. The Morgan fingerprint density at radius 1 is 0.495 bits per heavy atom. The summed E-state index contributed by atoms with van der Waals surface area (Å²) in [6.07, 6.45) is 1.06. The number of alkyl halides is 3. The van der Waals surface area contributed by atoms with Crippen LogP contribution in [0, 0.1) is 23.3 Å². The number of aromatic nitrogens is 8. The van der Waals surface area contributed by atoms with Crippen LogP contribution in [0.4, 0.5) is 60.2 Å². The molecule has 11 heterocycles. The molecule has 101 heavy (non-hydrogen) atoms. The number of fused-ring (bicyclic) bond motifs is 4. The van der Waals surface area contributed by atoms with E-state index in [0.717, 1.165) is 41.6 Å². The minimum atomic E-state index is -4.85. The molecule has 30 heteroatoms. The molecular formula is C71H54F7N13O10. The minimum Gasteiger partial charge on any atom is -0.463 e. The first-order valence-corrected chi connectivity index (χ1v) is 30.8. The molecule has 0 spiro atoms. The summed E-state index contributed by atoms with van der Waals surface area (Å²) < 4.78 is 129. The number of carbonyl (C=O) groups excluding carboxylic acids is 3. The molecule has 0 bridgehead atoms. The van der Waals surface area contributed by atoms with Crippen molar-refractivity contribution in [2.75, 3.05) is 34.9 Å². The van der Waals surface area contributed by atoms with E-state index >= 15 is 0 Å². The summed E-state index contributed by atoms with van der Waals surface area (Å²) in [6, 6.07) is 36.1. The van der Waals surface area contributed by atoms with Crippen molar-refractivity contribution in [3.05, 3.63) is 250 Å². The molecule has 3 aliphatic heterocycles. The predicted molar refractivity (Wildman–Crippen MR) is 347 cm³/mol. The Labute approximate surface area is 567 Å². The van der Waals surface area contributed by atoms with Gasteiger partial charge < -0.3 is 59.7 Å². The summed E-state index contributed by atoms with van der Waals surface area (Å²) >= 11 is 0. The lowest BCUT2D eigenvalue weighted by molar-refractivity contribution is -0.275. The Kier molecular flexibility index (Phi) is 18.6. The van der Waals surface area contributed by atoms with Gasteiger partial charge in [0.15, 0.2) is 23.0 Å². The molecule has 4 aromatic carbocycles. The smallest absolute Gasteiger partial charge is 0.463 e. The highest BCUT2D eigenvalue weighted by Gasteiger charge is 2.43. The van der Waals surface area contributed by atoms with Gasteiger partial charge in [-0.25, -0.2) is 62.2 Å². The van der Waals surface area contributed by atoms with Crippen molar-refractivity contribution >= 4 is 47.1 Å². The van der Waals surface area contributed by atoms with Crippen LogP contribution in [0.15, 0.2) is 182 Å². The highest BCUT2D eigenvalue weighted by Crippen LogP contribution is 2.45. The number of esters is 1. The van der Waals surface area contributed by atoms with Crippen LogP contribution < -0.4 is 32.6 Å². The highest BCUT2D eigenvalue weighted by atomic mass is 19.4. The van der Waals surface area contributed by atoms with Gasteiger partial charge in [0.2, 0.25) is 29.7 Å². The van der Waals surface area contributed by atoms with Crippen molar-refractivity contribution in [1.29, 1.82) is 0 Å². The van der Waals surface area contributed by atoms with E-state index in [-0.39, 0.29) is 107 Å². The zero-order valence-corrected chi connectivity index (χ0v) is 52.7. The van der Waals surface area contributed by atoms with Gasteiger partial charge in [-0.05, 0) is 102 Å². The molecule has 0 radical (unpaired) electrons. The maximum Gasteiger partial charge on any atom is 0.573 e. The summed E-state index contributed by atoms with van der Waals surface area (Å²) in [6.45, 7) is 0.475. The Morgan fingerprint density at radius 2 is 0.990 bits per heavy atom. The highest BCUT2D eigenvalue weighted by molar-refractivity contribution is 6.07. The number of nitrogens with two attached hydrogens (primary N) is 4. The number of ether oxygens (including phenoxy) is 3. The van der Waals surface area contributed by atoms with E-state index < -0.39 is 53.5 Å². The quantitative estimate of drug-likeness (QED) is 0.0615. The van der Waals surface area contributed by atoms with Crippen LogP contribution in [0.2, 0.25) is 0 Å². The number of furan rings is 4. The molecule has 0 fully saturated rings. The van der Waals surface area contributed by atoms with Crippen LogP contribution >= 0.6 is 0 Å². The van der Waals surface area contributed by atoms with E-state index in [4.69, 9.17) is 50.1 Å². The number of Topliss-reactive ketones (excluding diaryl/α,β-unsaturated/α-hetero) is 1. The lowest BCUT2D eigenvalue weighted by atomic mass is 9.95.